The summed E-state index contributed by atoms with van der Waals surface area (Å²) in [7, 11) is 0. The van der Waals surface area contributed by atoms with Crippen LogP contribution in [0, 0.1) is 19.7 Å². The minimum Gasteiger partial charge on any atom is -0.330 e. The second-order valence-corrected chi connectivity index (χ2v) is 8.02. The Morgan fingerprint density at radius 1 is 1.21 bits per heavy atom. The van der Waals surface area contributed by atoms with E-state index in [1.807, 2.05) is 0 Å². The molecule has 0 unspecified atom stereocenters. The number of amides is 1. The lowest BCUT2D eigenvalue weighted by Gasteiger charge is -2.24. The van der Waals surface area contributed by atoms with Gasteiger partial charge in [0.15, 0.2) is 5.69 Å². The molecule has 1 aromatic carbocycles. The van der Waals surface area contributed by atoms with Crippen LogP contribution in [0.4, 0.5) is 17.6 Å². The highest BCUT2D eigenvalue weighted by Gasteiger charge is 2.38. The third kappa shape index (κ3) is 4.64. The van der Waals surface area contributed by atoms with Crippen molar-refractivity contribution in [2.75, 3.05) is 6.54 Å². The number of nitrogens with one attached hydrogen (secondary N) is 2. The SMILES string of the molecule is Cc1c(Cc2ccc(F)c(C(=O)N3CCc4c(n[nH][n+]4CC(F)(F)F)C3)c2)n[nH]c(=O)c1C. The molecule has 0 radical (unpaired) electrons. The van der Waals surface area contributed by atoms with Crippen LogP contribution >= 0.6 is 0 Å². The summed E-state index contributed by atoms with van der Waals surface area (Å²) in [5.74, 6) is -1.28. The van der Waals surface area contributed by atoms with Crippen LogP contribution in [0.2, 0.25) is 0 Å². The number of H-pyrrole nitrogens is 2. The van der Waals surface area contributed by atoms with Crippen LogP contribution in [-0.4, -0.2) is 44.0 Å². The van der Waals surface area contributed by atoms with Gasteiger partial charge in [-0.2, -0.15) is 23.0 Å². The summed E-state index contributed by atoms with van der Waals surface area (Å²) in [5, 5.41) is 12.7. The maximum Gasteiger partial charge on any atom is 0.428 e. The van der Waals surface area contributed by atoms with Crippen LogP contribution < -0.4 is 10.2 Å². The fraction of sp³-hybridized carbons (Fsp3) is 0.381. The Hall–Kier alpha value is -3.57. The van der Waals surface area contributed by atoms with Gasteiger partial charge in [0.05, 0.1) is 17.8 Å². The number of fused-ring (bicyclic) bond motifs is 1. The molecule has 3 aromatic rings. The van der Waals surface area contributed by atoms with Crippen molar-refractivity contribution >= 4 is 5.91 Å². The number of hydrogen-bond donors (Lipinski definition) is 2. The highest BCUT2D eigenvalue weighted by molar-refractivity contribution is 5.94. The van der Waals surface area contributed by atoms with E-state index in [1.54, 1.807) is 13.8 Å². The molecule has 0 spiro atoms. The van der Waals surface area contributed by atoms with Crippen LogP contribution in [0.15, 0.2) is 23.0 Å². The van der Waals surface area contributed by atoms with Crippen LogP contribution in [0.1, 0.15) is 44.1 Å². The second-order valence-electron chi connectivity index (χ2n) is 8.02. The molecule has 2 aromatic heterocycles. The number of aromatic nitrogens is 5. The predicted octanol–water partition coefficient (Wildman–Crippen LogP) is 1.89. The van der Waals surface area contributed by atoms with Gasteiger partial charge in [-0.05, 0) is 37.1 Å². The van der Waals surface area contributed by atoms with Gasteiger partial charge in [-0.1, -0.05) is 11.3 Å². The highest BCUT2D eigenvalue weighted by Crippen LogP contribution is 2.22. The first-order valence-corrected chi connectivity index (χ1v) is 10.2. The van der Waals surface area contributed by atoms with Crippen molar-refractivity contribution in [3.05, 3.63) is 73.7 Å². The summed E-state index contributed by atoms with van der Waals surface area (Å²) in [6.45, 7) is 2.35. The zero-order chi connectivity index (χ0) is 23.9. The van der Waals surface area contributed by atoms with Gasteiger partial charge >= 0.3 is 6.18 Å². The molecule has 8 nitrogen and oxygen atoms in total. The first kappa shape index (κ1) is 22.6. The molecule has 1 aliphatic rings. The molecule has 0 fully saturated rings. The molecule has 0 saturated carbocycles. The van der Waals surface area contributed by atoms with Gasteiger partial charge in [0, 0.05) is 30.0 Å². The number of nitrogens with zero attached hydrogens (tertiary/aromatic N) is 4. The molecule has 12 heteroatoms. The average Bonchev–Trinajstić information content (AvgIpc) is 3.15. The van der Waals surface area contributed by atoms with E-state index in [0.29, 0.717) is 33.8 Å². The van der Waals surface area contributed by atoms with E-state index in [-0.39, 0.29) is 37.1 Å². The summed E-state index contributed by atoms with van der Waals surface area (Å²) < 4.78 is 53.6. The summed E-state index contributed by atoms with van der Waals surface area (Å²) in [4.78, 5) is 26.1. The topological polar surface area (TPSA) is 98.6 Å². The monoisotopic (exact) mass is 465 g/mol. The summed E-state index contributed by atoms with van der Waals surface area (Å²) >= 11 is 0. The average molecular weight is 465 g/mol. The lowest BCUT2D eigenvalue weighted by Crippen LogP contribution is -2.48. The van der Waals surface area contributed by atoms with E-state index in [4.69, 9.17) is 0 Å². The molecule has 0 atom stereocenters. The van der Waals surface area contributed by atoms with E-state index in [2.05, 4.69) is 20.5 Å². The van der Waals surface area contributed by atoms with Crippen molar-refractivity contribution in [1.82, 2.24) is 25.4 Å². The third-order valence-corrected chi connectivity index (χ3v) is 5.81. The molecule has 4 rings (SSSR count). The molecule has 0 saturated heterocycles. The first-order chi connectivity index (χ1) is 15.5. The van der Waals surface area contributed by atoms with Crippen molar-refractivity contribution in [1.29, 1.82) is 0 Å². The lowest BCUT2D eigenvalue weighted by molar-refractivity contribution is -0.778. The van der Waals surface area contributed by atoms with Crippen molar-refractivity contribution in [2.24, 2.45) is 0 Å². The van der Waals surface area contributed by atoms with E-state index in [9.17, 15) is 27.2 Å². The Kier molecular flexibility index (Phi) is 5.76. The van der Waals surface area contributed by atoms with E-state index in [0.717, 1.165) is 4.68 Å². The number of halogens is 4. The van der Waals surface area contributed by atoms with Crippen molar-refractivity contribution in [2.45, 2.75) is 46.0 Å². The third-order valence-electron chi connectivity index (χ3n) is 5.81. The molecule has 0 bridgehead atoms. The van der Waals surface area contributed by atoms with Gasteiger partial charge < -0.3 is 4.90 Å². The van der Waals surface area contributed by atoms with Crippen LogP contribution in [0.3, 0.4) is 0 Å². The number of hydrogen-bond acceptors (Lipinski definition) is 4. The normalized spacial score (nSPS) is 13.8. The minimum atomic E-state index is -4.40. The zero-order valence-corrected chi connectivity index (χ0v) is 17.9. The number of benzene rings is 1. The maximum atomic E-state index is 14.5. The summed E-state index contributed by atoms with van der Waals surface area (Å²) in [6, 6.07) is 4.16. The van der Waals surface area contributed by atoms with Gasteiger partial charge in [-0.3, -0.25) is 9.59 Å². The number of carbonyl (C=O) groups excluding carboxylic acids is 1. The van der Waals surface area contributed by atoms with Crippen LogP contribution in [0.25, 0.3) is 0 Å². The standard InChI is InChI=1S/C21H20F4N6O2/c1-11-12(2)19(32)28-26-16(11)8-13-3-4-15(22)14(7-13)20(33)30-6-5-18-17(9-30)27-29-31(18)10-21(23,24)25/h3-4,7H,5-6,8-10H2,1-2H3,(H,28,32)/p+1. The minimum absolute atomic E-state index is 0.0288. The molecule has 33 heavy (non-hydrogen) atoms. The quantitative estimate of drug-likeness (QED) is 0.454. The predicted molar refractivity (Wildman–Crippen MR) is 107 cm³/mol. The van der Waals surface area contributed by atoms with Gasteiger partial charge in [-0.25, -0.2) is 9.49 Å². The van der Waals surface area contributed by atoms with Crippen LogP contribution in [0.5, 0.6) is 0 Å². The fourth-order valence-corrected chi connectivity index (χ4v) is 3.85. The van der Waals surface area contributed by atoms with Gasteiger partial charge in [0.25, 0.3) is 11.5 Å². The Bertz CT molecular complexity index is 1280. The number of aromatic amines is 2. The molecule has 0 aliphatic carbocycles. The number of carbonyl (C=O) groups is 1. The first-order valence-electron chi connectivity index (χ1n) is 10.2. The Morgan fingerprint density at radius 2 is 1.97 bits per heavy atom. The molecular weight excluding hydrogens is 444 g/mol. The van der Waals surface area contributed by atoms with Gasteiger partial charge in [0.2, 0.25) is 12.2 Å². The molecule has 1 amide bonds. The van der Waals surface area contributed by atoms with E-state index >= 15 is 0 Å². The molecule has 2 N–H and O–H groups in total. The number of rotatable bonds is 4. The fourth-order valence-electron chi connectivity index (χ4n) is 3.85. The Labute approximate surface area is 185 Å². The molecule has 3 heterocycles. The molecule has 1 aliphatic heterocycles. The smallest absolute Gasteiger partial charge is 0.330 e. The highest BCUT2D eigenvalue weighted by atomic mass is 19.4. The molecule has 174 valence electrons. The maximum absolute atomic E-state index is 14.5. The van der Waals surface area contributed by atoms with Crippen molar-refractivity contribution < 1.29 is 27.0 Å². The summed E-state index contributed by atoms with van der Waals surface area (Å²) in [5.41, 5.74) is 2.74. The van der Waals surface area contributed by atoms with Crippen molar-refractivity contribution in [3.8, 4) is 0 Å². The second kappa shape index (κ2) is 8.41. The van der Waals surface area contributed by atoms with E-state index in [1.165, 1.54) is 23.1 Å². The van der Waals surface area contributed by atoms with Gasteiger partial charge in [0.1, 0.15) is 5.82 Å². The Morgan fingerprint density at radius 3 is 2.70 bits per heavy atom. The van der Waals surface area contributed by atoms with E-state index < -0.39 is 24.4 Å². The largest absolute Gasteiger partial charge is 0.428 e. The van der Waals surface area contributed by atoms with Crippen LogP contribution in [-0.2, 0) is 25.9 Å². The lowest BCUT2D eigenvalue weighted by atomic mass is 10.0. The summed E-state index contributed by atoms with van der Waals surface area (Å²) in [6.07, 6.45) is -3.96. The van der Waals surface area contributed by atoms with Gasteiger partial charge in [-0.15, -0.1) is 0 Å². The molecular formula is C21H21F4N6O2+. The Balaban J connectivity index is 1.55. The van der Waals surface area contributed by atoms with Crippen molar-refractivity contribution in [3.63, 3.8) is 0 Å². The number of alkyl halides is 3. The zero-order valence-electron chi connectivity index (χ0n) is 17.9.